The Morgan fingerprint density at radius 1 is 1.48 bits per heavy atom. The summed E-state index contributed by atoms with van der Waals surface area (Å²) in [5.41, 5.74) is 4.93. The summed E-state index contributed by atoms with van der Waals surface area (Å²) in [6.45, 7) is 4.16. The van der Waals surface area contributed by atoms with Crippen LogP contribution < -0.4 is 5.73 Å². The smallest absolute Gasteiger partial charge is 0.269 e. The van der Waals surface area contributed by atoms with Crippen molar-refractivity contribution in [2.75, 3.05) is 13.2 Å². The van der Waals surface area contributed by atoms with E-state index in [-0.39, 0.29) is 29.3 Å². The number of rotatable bonds is 4. The Morgan fingerprint density at radius 2 is 1.90 bits per heavy atom. The third kappa shape index (κ3) is 4.74. The highest BCUT2D eigenvalue weighted by atomic mass is 32.2. The molecule has 2 rings (SSSR count). The van der Waals surface area contributed by atoms with Gasteiger partial charge in [-0.15, -0.1) is 0 Å². The van der Waals surface area contributed by atoms with Gasteiger partial charge in [0, 0.05) is 30.8 Å². The first-order valence-electron chi connectivity index (χ1n) is 6.33. The highest BCUT2D eigenvalue weighted by molar-refractivity contribution is 7.89. The van der Waals surface area contributed by atoms with Crippen molar-refractivity contribution in [2.24, 2.45) is 5.73 Å². The van der Waals surface area contributed by atoms with Gasteiger partial charge in [0.05, 0.1) is 16.4 Å². The summed E-state index contributed by atoms with van der Waals surface area (Å²) < 4.78 is 25.0. The van der Waals surface area contributed by atoms with Gasteiger partial charge < -0.3 is 10.8 Å². The van der Waals surface area contributed by atoms with Gasteiger partial charge in [0.1, 0.15) is 0 Å². The molecule has 3 N–H and O–H groups in total. The fourth-order valence-corrected chi connectivity index (χ4v) is 3.06. The molecular weight excluding hydrogens is 298 g/mol. The second kappa shape index (κ2) is 6.94. The largest absolute Gasteiger partial charge is 0.395 e. The third-order valence-electron chi connectivity index (χ3n) is 2.74. The number of aliphatic hydroxyl groups excluding tert-OH is 1. The van der Waals surface area contributed by atoms with Crippen LogP contribution >= 0.6 is 0 Å². The molecular formula is C12H19N3O5S. The van der Waals surface area contributed by atoms with Crippen LogP contribution in [0.25, 0.3) is 0 Å². The standard InChI is InChI=1S/C9H10N2O4S.C3H9NO/c1-7-6-10(7)16(14,15)9-4-2-8(3-5-9)11(12)13;1-3(4)2-5/h2-5,7H,6H2,1H3;3,5H,2,4H2,1H3/t7-,10?;/m0./s1. The lowest BCUT2D eigenvalue weighted by Crippen LogP contribution is -2.18. The molecule has 2 unspecified atom stereocenters. The van der Waals surface area contributed by atoms with Gasteiger partial charge in [-0.3, -0.25) is 10.1 Å². The number of non-ortho nitro benzene ring substituents is 1. The zero-order valence-electron chi connectivity index (χ0n) is 11.8. The van der Waals surface area contributed by atoms with Gasteiger partial charge in [-0.05, 0) is 26.0 Å². The summed E-state index contributed by atoms with van der Waals surface area (Å²) in [5.74, 6) is 0. The van der Waals surface area contributed by atoms with Crippen LogP contribution in [0.4, 0.5) is 5.69 Å². The fourth-order valence-electron chi connectivity index (χ4n) is 1.42. The molecule has 0 aliphatic carbocycles. The van der Waals surface area contributed by atoms with Gasteiger partial charge >= 0.3 is 0 Å². The van der Waals surface area contributed by atoms with Crippen LogP contribution in [0.5, 0.6) is 0 Å². The van der Waals surface area contributed by atoms with Gasteiger partial charge in [-0.25, -0.2) is 8.42 Å². The summed E-state index contributed by atoms with van der Waals surface area (Å²) in [7, 11) is -3.45. The Balaban J connectivity index is 0.000000383. The molecule has 0 amide bonds. The summed E-state index contributed by atoms with van der Waals surface area (Å²) in [6, 6.07) is 4.88. The number of benzene rings is 1. The molecule has 1 aliphatic heterocycles. The van der Waals surface area contributed by atoms with Crippen LogP contribution in [0.2, 0.25) is 0 Å². The van der Waals surface area contributed by atoms with Crippen LogP contribution in [0.3, 0.4) is 0 Å². The maximum atomic E-state index is 11.8. The summed E-state index contributed by atoms with van der Waals surface area (Å²) >= 11 is 0. The molecule has 1 fully saturated rings. The number of hydrogen-bond donors (Lipinski definition) is 2. The van der Waals surface area contributed by atoms with E-state index in [1.165, 1.54) is 28.6 Å². The second-order valence-corrected chi connectivity index (χ2v) is 6.73. The zero-order valence-corrected chi connectivity index (χ0v) is 12.7. The highest BCUT2D eigenvalue weighted by Crippen LogP contribution is 2.28. The molecule has 0 radical (unpaired) electrons. The monoisotopic (exact) mass is 317 g/mol. The summed E-state index contributed by atoms with van der Waals surface area (Å²) in [4.78, 5) is 9.95. The fraction of sp³-hybridized carbons (Fsp3) is 0.500. The van der Waals surface area contributed by atoms with Crippen LogP contribution in [0.1, 0.15) is 13.8 Å². The SMILES string of the molecule is CC(N)CO.C[C@H]1CN1S(=O)(=O)c1ccc([N+](=O)[O-])cc1. The average Bonchev–Trinajstić information content (AvgIpc) is 3.17. The number of sulfonamides is 1. The summed E-state index contributed by atoms with van der Waals surface area (Å²) in [6.07, 6.45) is 0. The molecule has 0 spiro atoms. The van der Waals surface area contributed by atoms with Gasteiger partial charge in [-0.1, -0.05) is 0 Å². The summed E-state index contributed by atoms with van der Waals surface area (Å²) in [5, 5.41) is 18.4. The Morgan fingerprint density at radius 3 is 2.19 bits per heavy atom. The topological polar surface area (TPSA) is 127 Å². The molecule has 0 bridgehead atoms. The van der Waals surface area contributed by atoms with Crippen molar-refractivity contribution in [3.05, 3.63) is 34.4 Å². The van der Waals surface area contributed by atoms with E-state index in [4.69, 9.17) is 10.8 Å². The second-order valence-electron chi connectivity index (χ2n) is 4.83. The van der Waals surface area contributed by atoms with Crippen LogP contribution in [0.15, 0.2) is 29.2 Å². The Bertz CT molecular complexity index is 585. The lowest BCUT2D eigenvalue weighted by Gasteiger charge is -2.04. The lowest BCUT2D eigenvalue weighted by molar-refractivity contribution is -0.384. The number of aliphatic hydroxyl groups is 1. The average molecular weight is 317 g/mol. The molecule has 1 saturated heterocycles. The van der Waals surface area contributed by atoms with Crippen molar-refractivity contribution in [3.8, 4) is 0 Å². The predicted octanol–water partition coefficient (Wildman–Crippen LogP) is 0.313. The molecule has 0 aromatic heterocycles. The molecule has 1 aliphatic rings. The zero-order chi connectivity index (χ0) is 16.2. The van der Waals surface area contributed by atoms with E-state index in [9.17, 15) is 18.5 Å². The molecule has 8 nitrogen and oxygen atoms in total. The highest BCUT2D eigenvalue weighted by Gasteiger charge is 2.41. The normalized spacial score (nSPS) is 21.9. The maximum absolute atomic E-state index is 11.8. The van der Waals surface area contributed by atoms with Crippen LogP contribution in [0, 0.1) is 10.1 Å². The van der Waals surface area contributed by atoms with Crippen molar-refractivity contribution in [1.82, 2.24) is 4.31 Å². The number of nitro benzene ring substituents is 1. The minimum atomic E-state index is -3.45. The van der Waals surface area contributed by atoms with Crippen molar-refractivity contribution in [3.63, 3.8) is 0 Å². The predicted molar refractivity (Wildman–Crippen MR) is 77.2 cm³/mol. The molecule has 1 aromatic rings. The lowest BCUT2D eigenvalue weighted by atomic mass is 10.3. The first kappa shape index (κ1) is 17.5. The Labute approximate surface area is 123 Å². The number of nitro groups is 1. The number of nitrogens with two attached hydrogens (primary N) is 1. The molecule has 0 saturated carbocycles. The number of hydrogen-bond acceptors (Lipinski definition) is 6. The van der Waals surface area contributed by atoms with Crippen molar-refractivity contribution < 1.29 is 18.4 Å². The van der Waals surface area contributed by atoms with Gasteiger partial charge in [0.2, 0.25) is 10.0 Å². The van der Waals surface area contributed by atoms with E-state index in [0.717, 1.165) is 0 Å². The number of nitrogens with zero attached hydrogens (tertiary/aromatic N) is 2. The van der Waals surface area contributed by atoms with E-state index in [2.05, 4.69) is 0 Å². The molecule has 9 heteroatoms. The van der Waals surface area contributed by atoms with Gasteiger partial charge in [0.15, 0.2) is 0 Å². The molecule has 1 heterocycles. The first-order valence-corrected chi connectivity index (χ1v) is 7.77. The van der Waals surface area contributed by atoms with Gasteiger partial charge in [0.25, 0.3) is 5.69 Å². The molecule has 1 aromatic carbocycles. The Kier molecular flexibility index (Phi) is 5.78. The molecule has 118 valence electrons. The van der Waals surface area contributed by atoms with Crippen molar-refractivity contribution in [2.45, 2.75) is 30.8 Å². The van der Waals surface area contributed by atoms with E-state index in [1.807, 2.05) is 6.92 Å². The quantitative estimate of drug-likeness (QED) is 0.467. The van der Waals surface area contributed by atoms with E-state index >= 15 is 0 Å². The van der Waals surface area contributed by atoms with Crippen molar-refractivity contribution in [1.29, 1.82) is 0 Å². The minimum Gasteiger partial charge on any atom is -0.395 e. The van der Waals surface area contributed by atoms with Crippen molar-refractivity contribution >= 4 is 15.7 Å². The van der Waals surface area contributed by atoms with E-state index in [1.54, 1.807) is 6.92 Å². The first-order chi connectivity index (χ1) is 9.70. The van der Waals surface area contributed by atoms with E-state index in [0.29, 0.717) is 6.54 Å². The molecule has 3 atom stereocenters. The van der Waals surface area contributed by atoms with E-state index < -0.39 is 14.9 Å². The van der Waals surface area contributed by atoms with Gasteiger partial charge in [-0.2, -0.15) is 4.31 Å². The third-order valence-corrected chi connectivity index (χ3v) is 4.74. The minimum absolute atomic E-state index is 0.0280. The molecule has 21 heavy (non-hydrogen) atoms. The Hall–Kier alpha value is -1.55. The maximum Gasteiger partial charge on any atom is 0.269 e. The van der Waals surface area contributed by atoms with Crippen LogP contribution in [-0.2, 0) is 10.0 Å². The van der Waals surface area contributed by atoms with Crippen LogP contribution in [-0.4, -0.2) is 48.0 Å².